The number of nitrogens with two attached hydrogens (primary N) is 1. The molecule has 9 heteroatoms. The molecular formula is C22H23F4N3O2. The molecule has 5 nitrogen and oxygen atoms in total. The zero-order chi connectivity index (χ0) is 22.5. The third-order valence-corrected chi connectivity index (χ3v) is 5.26. The van der Waals surface area contributed by atoms with E-state index in [1.54, 1.807) is 4.90 Å². The predicted octanol–water partition coefficient (Wildman–Crippen LogP) is 2.92. The zero-order valence-corrected chi connectivity index (χ0v) is 16.7. The molecular weight excluding hydrogens is 414 g/mol. The Hall–Kier alpha value is -2.94. The number of nitrogens with zero attached hydrogens (tertiary/aromatic N) is 1. The van der Waals surface area contributed by atoms with Gasteiger partial charge in [0.2, 0.25) is 5.91 Å². The Balaban J connectivity index is 1.45. The smallest absolute Gasteiger partial charge is 0.253 e. The van der Waals surface area contributed by atoms with Crippen molar-refractivity contribution in [2.45, 2.75) is 37.8 Å². The minimum absolute atomic E-state index is 0.0909. The molecule has 166 valence electrons. The zero-order valence-electron chi connectivity index (χ0n) is 16.7. The van der Waals surface area contributed by atoms with Crippen LogP contribution in [0, 0.1) is 23.3 Å². The summed E-state index contributed by atoms with van der Waals surface area (Å²) in [5.74, 6) is -4.30. The van der Waals surface area contributed by atoms with Crippen LogP contribution in [0.2, 0.25) is 0 Å². The van der Waals surface area contributed by atoms with E-state index in [9.17, 15) is 27.2 Å². The van der Waals surface area contributed by atoms with Crippen LogP contribution in [0.5, 0.6) is 0 Å². The van der Waals surface area contributed by atoms with Crippen molar-refractivity contribution in [2.24, 2.45) is 5.73 Å². The van der Waals surface area contributed by atoms with Gasteiger partial charge in [0.25, 0.3) is 5.91 Å². The van der Waals surface area contributed by atoms with Gasteiger partial charge in [-0.3, -0.25) is 9.59 Å². The molecule has 0 saturated carbocycles. The first-order valence-corrected chi connectivity index (χ1v) is 9.96. The van der Waals surface area contributed by atoms with Gasteiger partial charge in [-0.2, -0.15) is 0 Å². The van der Waals surface area contributed by atoms with Gasteiger partial charge in [-0.05, 0) is 55.2 Å². The molecule has 1 aliphatic rings. The second-order valence-electron chi connectivity index (χ2n) is 7.67. The lowest BCUT2D eigenvalue weighted by atomic mass is 10.0. The van der Waals surface area contributed by atoms with Crippen molar-refractivity contribution in [2.75, 3.05) is 13.1 Å². The number of carbonyl (C=O) groups is 2. The van der Waals surface area contributed by atoms with E-state index in [0.29, 0.717) is 37.6 Å². The van der Waals surface area contributed by atoms with Crippen LogP contribution in [0.3, 0.4) is 0 Å². The van der Waals surface area contributed by atoms with E-state index in [2.05, 4.69) is 5.32 Å². The van der Waals surface area contributed by atoms with E-state index in [0.717, 1.165) is 6.07 Å². The Bertz CT molecular complexity index is 945. The first-order chi connectivity index (χ1) is 14.7. The van der Waals surface area contributed by atoms with E-state index < -0.39 is 29.3 Å². The van der Waals surface area contributed by atoms with Crippen LogP contribution in [0.25, 0.3) is 0 Å². The van der Waals surface area contributed by atoms with Crippen molar-refractivity contribution in [1.29, 1.82) is 0 Å². The van der Waals surface area contributed by atoms with Crippen LogP contribution in [0.15, 0.2) is 36.4 Å². The highest BCUT2D eigenvalue weighted by Gasteiger charge is 2.25. The normalized spacial score (nSPS) is 15.6. The summed E-state index contributed by atoms with van der Waals surface area (Å²) in [5, 5.41) is 2.84. The van der Waals surface area contributed by atoms with E-state index in [1.165, 1.54) is 24.3 Å². The molecule has 2 aromatic carbocycles. The molecule has 0 aromatic heterocycles. The Morgan fingerprint density at radius 2 is 1.61 bits per heavy atom. The minimum Gasteiger partial charge on any atom is -0.353 e. The largest absolute Gasteiger partial charge is 0.353 e. The summed E-state index contributed by atoms with van der Waals surface area (Å²) in [6.07, 6.45) is 0.881. The van der Waals surface area contributed by atoms with Crippen molar-refractivity contribution >= 4 is 11.8 Å². The van der Waals surface area contributed by atoms with Gasteiger partial charge in [-0.1, -0.05) is 0 Å². The number of piperidine rings is 1. The number of amides is 2. The third-order valence-electron chi connectivity index (χ3n) is 5.26. The molecule has 0 bridgehead atoms. The van der Waals surface area contributed by atoms with Crippen molar-refractivity contribution in [1.82, 2.24) is 10.2 Å². The average Bonchev–Trinajstić information content (AvgIpc) is 2.72. The number of likely N-dealkylation sites (tertiary alicyclic amines) is 1. The lowest BCUT2D eigenvalue weighted by molar-refractivity contribution is -0.122. The molecule has 3 rings (SSSR count). The molecule has 1 heterocycles. The van der Waals surface area contributed by atoms with E-state index in [4.69, 9.17) is 5.73 Å². The summed E-state index contributed by atoms with van der Waals surface area (Å²) in [4.78, 5) is 26.3. The monoisotopic (exact) mass is 437 g/mol. The van der Waals surface area contributed by atoms with Gasteiger partial charge in [0.15, 0.2) is 11.6 Å². The molecule has 0 unspecified atom stereocenters. The predicted molar refractivity (Wildman–Crippen MR) is 106 cm³/mol. The van der Waals surface area contributed by atoms with Gasteiger partial charge in [0.1, 0.15) is 11.6 Å². The number of benzene rings is 2. The molecule has 1 saturated heterocycles. The third kappa shape index (κ3) is 6.04. The number of carbonyl (C=O) groups excluding carboxylic acids is 2. The Kier molecular flexibility index (Phi) is 7.27. The first kappa shape index (κ1) is 22.7. The molecule has 0 aliphatic carbocycles. The molecule has 0 spiro atoms. The van der Waals surface area contributed by atoms with Crippen LogP contribution in [0.4, 0.5) is 17.6 Å². The van der Waals surface area contributed by atoms with E-state index >= 15 is 0 Å². The standard InChI is InChI=1S/C22H23F4N3O2/c23-15-3-1-13(2-4-15)22(31)29-7-5-17(6-8-29)28-21(30)11-16(27)9-14-10-19(25)20(26)12-18(14)24/h1-4,10,12,16-17H,5-9,11,27H2,(H,28,30)/t16-/m1/s1. The summed E-state index contributed by atoms with van der Waals surface area (Å²) in [7, 11) is 0. The highest BCUT2D eigenvalue weighted by Crippen LogP contribution is 2.17. The molecule has 1 atom stereocenters. The van der Waals surface area contributed by atoms with Crippen molar-refractivity contribution < 1.29 is 27.2 Å². The summed E-state index contributed by atoms with van der Waals surface area (Å²) >= 11 is 0. The van der Waals surface area contributed by atoms with Crippen LogP contribution >= 0.6 is 0 Å². The van der Waals surface area contributed by atoms with Crippen LogP contribution < -0.4 is 11.1 Å². The second kappa shape index (κ2) is 9.91. The maximum absolute atomic E-state index is 13.7. The summed E-state index contributed by atoms with van der Waals surface area (Å²) in [6.45, 7) is 0.876. The maximum atomic E-state index is 13.7. The number of nitrogens with one attached hydrogen (secondary N) is 1. The fourth-order valence-electron chi connectivity index (χ4n) is 3.60. The summed E-state index contributed by atoms with van der Waals surface area (Å²) in [5.41, 5.74) is 6.19. The molecule has 2 amide bonds. The fourth-order valence-corrected chi connectivity index (χ4v) is 3.60. The molecule has 0 radical (unpaired) electrons. The topological polar surface area (TPSA) is 75.4 Å². The fraction of sp³-hybridized carbons (Fsp3) is 0.364. The molecule has 3 N–H and O–H groups in total. The van der Waals surface area contributed by atoms with Gasteiger partial charge < -0.3 is 16.0 Å². The lowest BCUT2D eigenvalue weighted by Crippen LogP contribution is -2.47. The van der Waals surface area contributed by atoms with Crippen molar-refractivity contribution in [3.05, 3.63) is 70.8 Å². The Morgan fingerprint density at radius 1 is 1.00 bits per heavy atom. The number of hydrogen-bond acceptors (Lipinski definition) is 3. The van der Waals surface area contributed by atoms with Gasteiger partial charge in [0.05, 0.1) is 0 Å². The molecule has 1 fully saturated rings. The quantitative estimate of drug-likeness (QED) is 0.539. The number of hydrogen-bond donors (Lipinski definition) is 2. The van der Waals surface area contributed by atoms with Gasteiger partial charge in [-0.15, -0.1) is 0 Å². The van der Waals surface area contributed by atoms with Crippen LogP contribution in [0.1, 0.15) is 35.2 Å². The first-order valence-electron chi connectivity index (χ1n) is 9.96. The highest BCUT2D eigenvalue weighted by molar-refractivity contribution is 5.94. The lowest BCUT2D eigenvalue weighted by Gasteiger charge is -2.32. The highest BCUT2D eigenvalue weighted by atomic mass is 19.2. The van der Waals surface area contributed by atoms with Gasteiger partial charge >= 0.3 is 0 Å². The number of halogens is 4. The summed E-state index contributed by atoms with van der Waals surface area (Å²) < 4.78 is 53.0. The van der Waals surface area contributed by atoms with Crippen molar-refractivity contribution in [3.63, 3.8) is 0 Å². The van der Waals surface area contributed by atoms with E-state index in [-0.39, 0.29) is 36.3 Å². The maximum Gasteiger partial charge on any atom is 0.253 e. The average molecular weight is 437 g/mol. The second-order valence-corrected chi connectivity index (χ2v) is 7.67. The van der Waals surface area contributed by atoms with Crippen LogP contribution in [-0.4, -0.2) is 41.9 Å². The Morgan fingerprint density at radius 3 is 2.26 bits per heavy atom. The van der Waals surface area contributed by atoms with Gasteiger partial charge in [-0.25, -0.2) is 17.6 Å². The molecule has 1 aliphatic heterocycles. The SMILES string of the molecule is N[C@@H](CC(=O)NC1CCN(C(=O)c2ccc(F)cc2)CC1)Cc1cc(F)c(F)cc1F. The number of rotatable bonds is 6. The molecule has 2 aromatic rings. The van der Waals surface area contributed by atoms with E-state index in [1.807, 2.05) is 0 Å². The van der Waals surface area contributed by atoms with Gasteiger partial charge in [0, 0.05) is 43.2 Å². The molecule has 31 heavy (non-hydrogen) atoms. The summed E-state index contributed by atoms with van der Waals surface area (Å²) in [6, 6.07) is 5.63. The minimum atomic E-state index is -1.28. The van der Waals surface area contributed by atoms with Crippen molar-refractivity contribution in [3.8, 4) is 0 Å². The van der Waals surface area contributed by atoms with Crippen LogP contribution in [-0.2, 0) is 11.2 Å². The Labute approximate surface area is 177 Å².